The first-order chi connectivity index (χ1) is 10.3. The van der Waals surface area contributed by atoms with Crippen LogP contribution in [0.4, 0.5) is 0 Å². The van der Waals surface area contributed by atoms with Crippen molar-refractivity contribution >= 4 is 17.2 Å². The van der Waals surface area contributed by atoms with Crippen molar-refractivity contribution in [3.63, 3.8) is 0 Å². The Labute approximate surface area is 135 Å². The molecular weight excluding hydrogens is 296 g/mol. The van der Waals surface area contributed by atoms with Crippen LogP contribution in [0, 0.1) is 12.8 Å². The molecule has 1 atom stereocenters. The molecule has 2 rings (SSSR count). The van der Waals surface area contributed by atoms with Crippen LogP contribution in [-0.4, -0.2) is 28.1 Å². The summed E-state index contributed by atoms with van der Waals surface area (Å²) >= 11 is 1.62. The molecule has 2 heterocycles. The van der Waals surface area contributed by atoms with Crippen molar-refractivity contribution in [3.8, 4) is 10.6 Å². The smallest absolute Gasteiger partial charge is 0.253 e. The van der Waals surface area contributed by atoms with E-state index in [0.717, 1.165) is 10.6 Å². The molecule has 0 aliphatic heterocycles. The number of rotatable bonds is 5. The number of carbonyl (C=O) groups excluding carboxylic acids is 1. The maximum Gasteiger partial charge on any atom is 0.253 e. The average Bonchev–Trinajstić information content (AvgIpc) is 2.98. The van der Waals surface area contributed by atoms with E-state index in [1.807, 2.05) is 44.4 Å². The van der Waals surface area contributed by atoms with Gasteiger partial charge in [-0.1, -0.05) is 19.9 Å². The van der Waals surface area contributed by atoms with Crippen LogP contribution in [0.5, 0.6) is 0 Å². The minimum absolute atomic E-state index is 0.0632. The third-order valence-electron chi connectivity index (χ3n) is 3.95. The van der Waals surface area contributed by atoms with E-state index in [1.165, 1.54) is 0 Å². The van der Waals surface area contributed by atoms with E-state index in [0.29, 0.717) is 11.3 Å². The van der Waals surface area contributed by atoms with Gasteiger partial charge in [0.25, 0.3) is 5.91 Å². The molecular formula is C17H22N2O2S. The Hall–Kier alpha value is -1.72. The van der Waals surface area contributed by atoms with Crippen LogP contribution in [0.1, 0.15) is 36.8 Å². The van der Waals surface area contributed by atoms with Gasteiger partial charge in [0.05, 0.1) is 27.4 Å². The first-order valence-corrected chi connectivity index (χ1v) is 8.21. The van der Waals surface area contributed by atoms with Crippen LogP contribution in [0.15, 0.2) is 29.6 Å². The summed E-state index contributed by atoms with van der Waals surface area (Å²) in [7, 11) is 0. The summed E-state index contributed by atoms with van der Waals surface area (Å²) in [6, 6.07) is 7.63. The molecule has 118 valence electrons. The Balaban J connectivity index is 2.11. The van der Waals surface area contributed by atoms with E-state index in [1.54, 1.807) is 24.3 Å². The van der Waals surface area contributed by atoms with E-state index in [4.69, 9.17) is 0 Å². The molecule has 1 unspecified atom stereocenters. The number of aryl methyl sites for hydroxylation is 1. The number of aliphatic hydroxyl groups is 1. The fourth-order valence-corrected chi connectivity index (χ4v) is 2.62. The number of nitrogens with zero attached hydrogens (tertiary/aromatic N) is 1. The molecule has 0 spiro atoms. The van der Waals surface area contributed by atoms with Gasteiger partial charge in [0.15, 0.2) is 0 Å². The molecule has 1 amide bonds. The Morgan fingerprint density at radius 3 is 2.68 bits per heavy atom. The van der Waals surface area contributed by atoms with Crippen LogP contribution < -0.4 is 5.32 Å². The average molecular weight is 318 g/mol. The van der Waals surface area contributed by atoms with Crippen LogP contribution >= 0.6 is 11.3 Å². The van der Waals surface area contributed by atoms with Crippen molar-refractivity contribution in [3.05, 3.63) is 40.9 Å². The van der Waals surface area contributed by atoms with Gasteiger partial charge in [-0.2, -0.15) is 0 Å². The van der Waals surface area contributed by atoms with Gasteiger partial charge in [-0.25, -0.2) is 0 Å². The number of carbonyl (C=O) groups is 1. The molecule has 5 heteroatoms. The van der Waals surface area contributed by atoms with Crippen molar-refractivity contribution in [1.29, 1.82) is 0 Å². The zero-order chi connectivity index (χ0) is 16.3. The molecule has 0 saturated heterocycles. The molecule has 2 aromatic heterocycles. The molecule has 0 aliphatic rings. The highest BCUT2D eigenvalue weighted by molar-refractivity contribution is 7.13. The monoisotopic (exact) mass is 318 g/mol. The molecule has 0 saturated carbocycles. The van der Waals surface area contributed by atoms with Gasteiger partial charge < -0.3 is 10.4 Å². The highest BCUT2D eigenvalue weighted by atomic mass is 32.1. The summed E-state index contributed by atoms with van der Waals surface area (Å²) in [5.74, 6) is -0.142. The van der Waals surface area contributed by atoms with Crippen LogP contribution in [0.25, 0.3) is 10.6 Å². The third kappa shape index (κ3) is 3.72. The van der Waals surface area contributed by atoms with Crippen LogP contribution in [0.3, 0.4) is 0 Å². The van der Waals surface area contributed by atoms with E-state index in [2.05, 4.69) is 10.3 Å². The van der Waals surface area contributed by atoms with E-state index in [-0.39, 0.29) is 18.4 Å². The molecule has 0 aliphatic carbocycles. The number of thiophene rings is 1. The summed E-state index contributed by atoms with van der Waals surface area (Å²) in [6.45, 7) is 7.62. The van der Waals surface area contributed by atoms with E-state index < -0.39 is 5.60 Å². The fourth-order valence-electron chi connectivity index (χ4n) is 1.92. The molecule has 0 aromatic carbocycles. The molecule has 2 aromatic rings. The minimum Gasteiger partial charge on any atom is -0.388 e. The van der Waals surface area contributed by atoms with E-state index >= 15 is 0 Å². The standard InChI is InChI=1S/C17H22N2O2S/c1-11(2)17(4,21)10-18-16(20)13-7-8-14(19-12(13)3)15-6-5-9-22-15/h5-9,11,21H,10H2,1-4H3,(H,18,20). The Bertz CT molecular complexity index is 649. The molecule has 4 nitrogen and oxygen atoms in total. The number of hydrogen-bond acceptors (Lipinski definition) is 4. The lowest BCUT2D eigenvalue weighted by Gasteiger charge is -2.27. The van der Waals surface area contributed by atoms with Crippen molar-refractivity contribution < 1.29 is 9.90 Å². The van der Waals surface area contributed by atoms with Gasteiger partial charge in [0, 0.05) is 6.54 Å². The number of hydrogen-bond donors (Lipinski definition) is 2. The maximum atomic E-state index is 12.3. The van der Waals surface area contributed by atoms with Gasteiger partial charge in [-0.15, -0.1) is 11.3 Å². The van der Waals surface area contributed by atoms with Gasteiger partial charge in [0.2, 0.25) is 0 Å². The zero-order valence-electron chi connectivity index (χ0n) is 13.4. The van der Waals surface area contributed by atoms with Crippen molar-refractivity contribution in [2.75, 3.05) is 6.54 Å². The van der Waals surface area contributed by atoms with Crippen LogP contribution in [0.2, 0.25) is 0 Å². The van der Waals surface area contributed by atoms with Gasteiger partial charge in [-0.05, 0) is 43.3 Å². The molecule has 0 radical (unpaired) electrons. The second-order valence-electron chi connectivity index (χ2n) is 6.00. The van der Waals surface area contributed by atoms with Gasteiger partial charge >= 0.3 is 0 Å². The quantitative estimate of drug-likeness (QED) is 0.889. The number of nitrogens with one attached hydrogen (secondary N) is 1. The predicted octanol–water partition coefficient (Wildman–Crippen LogP) is 3.26. The Morgan fingerprint density at radius 1 is 1.41 bits per heavy atom. The molecule has 2 N–H and O–H groups in total. The first-order valence-electron chi connectivity index (χ1n) is 7.33. The van der Waals surface area contributed by atoms with E-state index in [9.17, 15) is 9.90 Å². The molecule has 22 heavy (non-hydrogen) atoms. The predicted molar refractivity (Wildman–Crippen MR) is 90.1 cm³/mol. The summed E-state index contributed by atoms with van der Waals surface area (Å²) in [5, 5.41) is 15.0. The first kappa shape index (κ1) is 16.6. The lowest BCUT2D eigenvalue weighted by atomic mass is 9.92. The van der Waals surface area contributed by atoms with Crippen molar-refractivity contribution in [2.45, 2.75) is 33.3 Å². The minimum atomic E-state index is -0.923. The second-order valence-corrected chi connectivity index (χ2v) is 6.95. The third-order valence-corrected chi connectivity index (χ3v) is 4.85. The second kappa shape index (κ2) is 6.58. The summed E-state index contributed by atoms with van der Waals surface area (Å²) < 4.78 is 0. The summed E-state index contributed by atoms with van der Waals surface area (Å²) in [5.41, 5.74) is 1.18. The molecule has 0 bridgehead atoms. The highest BCUT2D eigenvalue weighted by Crippen LogP contribution is 2.23. The Kier molecular flexibility index (Phi) is 4.98. The Morgan fingerprint density at radius 2 is 2.14 bits per heavy atom. The summed E-state index contributed by atoms with van der Waals surface area (Å²) in [4.78, 5) is 17.9. The van der Waals surface area contributed by atoms with Gasteiger partial charge in [0.1, 0.15) is 0 Å². The normalized spacial score (nSPS) is 13.9. The number of aromatic nitrogens is 1. The van der Waals surface area contributed by atoms with Crippen molar-refractivity contribution in [2.24, 2.45) is 5.92 Å². The van der Waals surface area contributed by atoms with Crippen LogP contribution in [-0.2, 0) is 0 Å². The lowest BCUT2D eigenvalue weighted by Crippen LogP contribution is -2.44. The summed E-state index contributed by atoms with van der Waals surface area (Å²) in [6.07, 6.45) is 0. The lowest BCUT2D eigenvalue weighted by molar-refractivity contribution is 0.0142. The number of pyridine rings is 1. The fraction of sp³-hybridized carbons (Fsp3) is 0.412. The number of amides is 1. The topological polar surface area (TPSA) is 62.2 Å². The SMILES string of the molecule is Cc1nc(-c2cccs2)ccc1C(=O)NCC(C)(O)C(C)C. The van der Waals surface area contributed by atoms with Gasteiger partial charge in [-0.3, -0.25) is 9.78 Å². The maximum absolute atomic E-state index is 12.3. The largest absolute Gasteiger partial charge is 0.388 e. The molecule has 0 fully saturated rings. The highest BCUT2D eigenvalue weighted by Gasteiger charge is 2.25. The zero-order valence-corrected chi connectivity index (χ0v) is 14.2. The van der Waals surface area contributed by atoms with Crippen molar-refractivity contribution in [1.82, 2.24) is 10.3 Å².